The van der Waals surface area contributed by atoms with Crippen LogP contribution in [0.2, 0.25) is 0 Å². The molecule has 204 valence electrons. The van der Waals surface area contributed by atoms with Crippen molar-refractivity contribution >= 4 is 32.7 Å². The number of carbonyl (C=O) groups is 1. The molecule has 1 aliphatic heterocycles. The molecule has 0 radical (unpaired) electrons. The summed E-state index contributed by atoms with van der Waals surface area (Å²) in [6.45, 7) is 5.33. The second-order valence-corrected chi connectivity index (χ2v) is 11.3. The van der Waals surface area contributed by atoms with E-state index in [4.69, 9.17) is 4.74 Å². The molecule has 1 saturated heterocycles. The van der Waals surface area contributed by atoms with Crippen molar-refractivity contribution in [1.82, 2.24) is 19.2 Å². The van der Waals surface area contributed by atoms with E-state index >= 15 is 0 Å². The number of anilines is 1. The fourth-order valence-corrected chi connectivity index (χ4v) is 6.31. The molecule has 9 nitrogen and oxygen atoms in total. The first-order valence-corrected chi connectivity index (χ1v) is 14.6. The van der Waals surface area contributed by atoms with Gasteiger partial charge < -0.3 is 15.0 Å². The maximum Gasteiger partial charge on any atom is 0.269 e. The Kier molecular flexibility index (Phi) is 8.13. The minimum absolute atomic E-state index is 0.142. The van der Waals surface area contributed by atoms with Gasteiger partial charge in [-0.1, -0.05) is 30.3 Å². The zero-order valence-corrected chi connectivity index (χ0v) is 22.8. The summed E-state index contributed by atoms with van der Waals surface area (Å²) in [5.74, 6) is 0.596. The molecule has 39 heavy (non-hydrogen) atoms. The number of hydrogen-bond acceptors (Lipinski definition) is 7. The normalized spacial score (nSPS) is 14.4. The van der Waals surface area contributed by atoms with E-state index in [1.54, 1.807) is 37.4 Å². The van der Waals surface area contributed by atoms with Gasteiger partial charge in [0.1, 0.15) is 5.75 Å². The third-order valence-corrected chi connectivity index (χ3v) is 8.73. The van der Waals surface area contributed by atoms with Crippen molar-refractivity contribution in [3.8, 4) is 5.75 Å². The predicted molar refractivity (Wildman–Crippen MR) is 152 cm³/mol. The van der Waals surface area contributed by atoms with Gasteiger partial charge in [-0.25, -0.2) is 17.4 Å². The molecule has 2 aromatic carbocycles. The number of fused-ring (bicyclic) bond motifs is 1. The Balaban J connectivity index is 1.14. The van der Waals surface area contributed by atoms with Crippen molar-refractivity contribution in [2.24, 2.45) is 0 Å². The molecule has 0 bridgehead atoms. The van der Waals surface area contributed by atoms with E-state index in [0.29, 0.717) is 17.5 Å². The van der Waals surface area contributed by atoms with Crippen molar-refractivity contribution in [3.05, 3.63) is 84.7 Å². The number of methoxy groups -OCH3 is 1. The van der Waals surface area contributed by atoms with Crippen LogP contribution >= 0.6 is 0 Å². The zero-order valence-electron chi connectivity index (χ0n) is 22.0. The van der Waals surface area contributed by atoms with Crippen LogP contribution in [0.3, 0.4) is 0 Å². The molecule has 0 aliphatic carbocycles. The minimum atomic E-state index is -3.89. The Morgan fingerprint density at radius 1 is 0.949 bits per heavy atom. The van der Waals surface area contributed by atoms with Crippen LogP contribution < -0.4 is 15.0 Å². The van der Waals surface area contributed by atoms with E-state index in [1.165, 1.54) is 24.5 Å². The van der Waals surface area contributed by atoms with Gasteiger partial charge in [0.25, 0.3) is 15.9 Å². The molecule has 0 spiro atoms. The number of aromatic nitrogens is 2. The number of nitrogens with one attached hydrogen (secondary N) is 1. The first kappa shape index (κ1) is 26.7. The van der Waals surface area contributed by atoms with E-state index < -0.39 is 10.0 Å². The van der Waals surface area contributed by atoms with Crippen molar-refractivity contribution in [2.45, 2.75) is 17.7 Å². The number of ether oxygens (including phenoxy) is 1. The lowest BCUT2D eigenvalue weighted by molar-refractivity contribution is 0.0954. The molecular weight excluding hydrogens is 514 g/mol. The maximum atomic E-state index is 13.2. The van der Waals surface area contributed by atoms with Crippen molar-refractivity contribution in [1.29, 1.82) is 0 Å². The predicted octanol–water partition coefficient (Wildman–Crippen LogP) is 3.61. The summed E-state index contributed by atoms with van der Waals surface area (Å²) < 4.78 is 33.1. The topological polar surface area (TPSA) is 96.8 Å². The highest BCUT2D eigenvalue weighted by Crippen LogP contribution is 2.28. The number of nitrogens with zero attached hydrogens (tertiary/aromatic N) is 4. The Labute approximate surface area is 229 Å². The third kappa shape index (κ3) is 5.76. The van der Waals surface area contributed by atoms with Crippen LogP contribution in [0.4, 0.5) is 5.69 Å². The Hall–Kier alpha value is -3.89. The Morgan fingerprint density at radius 3 is 2.46 bits per heavy atom. The molecule has 0 atom stereocenters. The molecule has 3 heterocycles. The number of pyridine rings is 1. The first-order valence-electron chi connectivity index (χ1n) is 13.1. The van der Waals surface area contributed by atoms with Gasteiger partial charge in [0.2, 0.25) is 0 Å². The van der Waals surface area contributed by atoms with E-state index in [2.05, 4.69) is 26.2 Å². The molecular formula is C29H33N5O4S. The second-order valence-electron chi connectivity index (χ2n) is 9.49. The molecule has 5 rings (SSSR count). The molecule has 1 aliphatic rings. The Bertz CT molecular complexity index is 1530. The van der Waals surface area contributed by atoms with Gasteiger partial charge in [0.05, 0.1) is 23.3 Å². The molecule has 0 saturated carbocycles. The highest BCUT2D eigenvalue weighted by atomic mass is 32.2. The molecule has 1 N–H and O–H groups in total. The molecule has 2 aromatic heterocycles. The number of carbonyl (C=O) groups excluding carboxylic acids is 1. The van der Waals surface area contributed by atoms with Crippen LogP contribution in [0.1, 0.15) is 23.2 Å². The van der Waals surface area contributed by atoms with Gasteiger partial charge in [-0.2, -0.15) is 0 Å². The smallest absolute Gasteiger partial charge is 0.269 e. The van der Waals surface area contributed by atoms with Gasteiger partial charge in [-0.3, -0.25) is 9.69 Å². The van der Waals surface area contributed by atoms with Crippen LogP contribution in [0, 0.1) is 0 Å². The van der Waals surface area contributed by atoms with Crippen LogP contribution in [-0.2, 0) is 10.0 Å². The maximum absolute atomic E-state index is 13.2. The van der Waals surface area contributed by atoms with Gasteiger partial charge in [-0.05, 0) is 55.8 Å². The van der Waals surface area contributed by atoms with Gasteiger partial charge in [-0.15, -0.1) is 0 Å². The average molecular weight is 548 g/mol. The summed E-state index contributed by atoms with van der Waals surface area (Å²) in [4.78, 5) is 22.3. The summed E-state index contributed by atoms with van der Waals surface area (Å²) in [5.41, 5.74) is 1.67. The SMILES string of the molecule is COc1ccccc1N1CCN(CCCCNC(=O)c2cn(S(=O)(=O)c3ccccc3)c3ncccc23)CC1. The lowest BCUT2D eigenvalue weighted by Crippen LogP contribution is -2.46. The van der Waals surface area contributed by atoms with Gasteiger partial charge in [0.15, 0.2) is 5.65 Å². The summed E-state index contributed by atoms with van der Waals surface area (Å²) >= 11 is 0. The lowest BCUT2D eigenvalue weighted by Gasteiger charge is -2.36. The summed E-state index contributed by atoms with van der Waals surface area (Å²) in [7, 11) is -2.18. The van der Waals surface area contributed by atoms with Crippen molar-refractivity contribution in [3.63, 3.8) is 0 Å². The van der Waals surface area contributed by atoms with Crippen LogP contribution in [-0.4, -0.2) is 74.6 Å². The molecule has 0 unspecified atom stereocenters. The summed E-state index contributed by atoms with van der Waals surface area (Å²) in [6, 6.07) is 19.7. The van der Waals surface area contributed by atoms with Gasteiger partial charge in [0, 0.05) is 50.5 Å². The number of benzene rings is 2. The first-order chi connectivity index (χ1) is 19.0. The quantitative estimate of drug-likeness (QED) is 0.303. The number of unbranched alkanes of at least 4 members (excludes halogenated alkanes) is 1. The standard InChI is InChI=1S/C29H33N5O4S/c1-38-27-14-6-5-13-26(27)33-20-18-32(19-21-33)17-8-7-15-31-29(35)25-22-34(28-24(25)12-9-16-30-28)39(36,37)23-10-3-2-4-11-23/h2-6,9-14,16,22H,7-8,15,17-21H2,1H3,(H,31,35). The number of piperazine rings is 1. The molecule has 1 fully saturated rings. The second kappa shape index (κ2) is 11.9. The molecule has 1 amide bonds. The fraction of sp³-hybridized carbons (Fsp3) is 0.310. The monoisotopic (exact) mass is 547 g/mol. The number of hydrogen-bond donors (Lipinski definition) is 1. The van der Waals surface area contributed by atoms with E-state index in [-0.39, 0.29) is 16.4 Å². The Morgan fingerprint density at radius 2 is 1.69 bits per heavy atom. The van der Waals surface area contributed by atoms with Crippen molar-refractivity contribution < 1.29 is 17.9 Å². The van der Waals surface area contributed by atoms with E-state index in [0.717, 1.165) is 61.0 Å². The average Bonchev–Trinajstić information content (AvgIpc) is 3.38. The van der Waals surface area contributed by atoms with Crippen LogP contribution in [0.5, 0.6) is 5.75 Å². The molecule has 10 heteroatoms. The fourth-order valence-electron chi connectivity index (χ4n) is 4.96. The third-order valence-electron chi connectivity index (χ3n) is 7.06. The number of rotatable bonds is 10. The molecule has 4 aromatic rings. The number of amides is 1. The van der Waals surface area contributed by atoms with Crippen LogP contribution in [0.15, 0.2) is 84.0 Å². The van der Waals surface area contributed by atoms with Crippen LogP contribution in [0.25, 0.3) is 11.0 Å². The largest absolute Gasteiger partial charge is 0.495 e. The van der Waals surface area contributed by atoms with E-state index in [1.807, 2.05) is 18.2 Å². The van der Waals surface area contributed by atoms with Gasteiger partial charge >= 0.3 is 0 Å². The summed E-state index contributed by atoms with van der Waals surface area (Å²) in [6.07, 6.45) is 4.69. The highest BCUT2D eigenvalue weighted by molar-refractivity contribution is 7.90. The van der Waals surface area contributed by atoms with E-state index in [9.17, 15) is 13.2 Å². The number of para-hydroxylation sites is 2. The summed E-state index contributed by atoms with van der Waals surface area (Å²) in [5, 5.41) is 3.46. The zero-order chi connectivity index (χ0) is 27.2. The van der Waals surface area contributed by atoms with Crippen molar-refractivity contribution in [2.75, 3.05) is 51.3 Å². The highest BCUT2D eigenvalue weighted by Gasteiger charge is 2.24. The minimum Gasteiger partial charge on any atom is -0.495 e. The lowest BCUT2D eigenvalue weighted by atomic mass is 10.2.